The zero-order chi connectivity index (χ0) is 18.0. The van der Waals surface area contributed by atoms with Gasteiger partial charge in [0.05, 0.1) is 17.4 Å². The van der Waals surface area contributed by atoms with E-state index in [0.717, 1.165) is 6.42 Å². The first-order valence-corrected chi connectivity index (χ1v) is 9.14. The molecular weight excluding hydrogens is 320 g/mol. The maximum Gasteiger partial charge on any atom is 0.205 e. The molecule has 2 heterocycles. The fourth-order valence-electron chi connectivity index (χ4n) is 7.16. The Labute approximate surface area is 146 Å². The van der Waals surface area contributed by atoms with Crippen molar-refractivity contribution in [2.75, 3.05) is 6.61 Å². The standard InChI is InChI=1S/C20H24O5/c1-10-11-4-5-12-18-9-25-20(24,19(12,8-11)15(10)22)16(23)14(18)17(2,3)7-6-13(18)21/h6-7,11-12,14,16,23-24H,1,4-5,8-9H2,2-3H3/t11?,12-,14+,16?,18+,19-,20-/m0/s1. The van der Waals surface area contributed by atoms with Crippen molar-refractivity contribution in [3.05, 3.63) is 24.3 Å². The number of ether oxygens (including phenoxy) is 1. The third-order valence-corrected chi connectivity index (χ3v) is 8.14. The number of fused-ring (bicyclic) bond motifs is 2. The highest BCUT2D eigenvalue weighted by molar-refractivity contribution is 6.06. The number of aliphatic hydroxyl groups is 2. The number of hydrogen-bond donors (Lipinski definition) is 2. The molecule has 5 fully saturated rings. The van der Waals surface area contributed by atoms with Crippen LogP contribution in [0.5, 0.6) is 0 Å². The lowest BCUT2D eigenvalue weighted by Gasteiger charge is -2.71. The van der Waals surface area contributed by atoms with Crippen LogP contribution >= 0.6 is 0 Å². The molecule has 2 saturated heterocycles. The third kappa shape index (κ3) is 1.36. The number of rotatable bonds is 0. The van der Waals surface area contributed by atoms with E-state index < -0.39 is 34.1 Å². The van der Waals surface area contributed by atoms with Crippen LogP contribution in [0, 0.1) is 34.0 Å². The predicted octanol–water partition coefficient (Wildman–Crippen LogP) is 1.39. The van der Waals surface area contributed by atoms with E-state index in [1.165, 1.54) is 0 Å². The maximum absolute atomic E-state index is 13.2. The van der Waals surface area contributed by atoms with Crippen LogP contribution in [-0.2, 0) is 14.3 Å². The summed E-state index contributed by atoms with van der Waals surface area (Å²) in [5, 5.41) is 22.7. The molecular formula is C20H24O5. The summed E-state index contributed by atoms with van der Waals surface area (Å²) in [6.45, 7) is 7.97. The van der Waals surface area contributed by atoms with E-state index in [4.69, 9.17) is 4.74 Å². The Morgan fingerprint density at radius 1 is 1.28 bits per heavy atom. The molecule has 2 spiro atoms. The molecule has 5 nitrogen and oxygen atoms in total. The summed E-state index contributed by atoms with van der Waals surface area (Å²) in [7, 11) is 0. The van der Waals surface area contributed by atoms with Crippen LogP contribution in [0.2, 0.25) is 0 Å². The Bertz CT molecular complexity index is 766. The molecule has 6 rings (SSSR count). The van der Waals surface area contributed by atoms with Gasteiger partial charge in [-0.3, -0.25) is 9.59 Å². The fourth-order valence-corrected chi connectivity index (χ4v) is 7.16. The summed E-state index contributed by atoms with van der Waals surface area (Å²) >= 11 is 0. The van der Waals surface area contributed by atoms with Gasteiger partial charge in [-0.15, -0.1) is 0 Å². The van der Waals surface area contributed by atoms with E-state index in [1.54, 1.807) is 6.08 Å². The predicted molar refractivity (Wildman–Crippen MR) is 88.2 cm³/mol. The van der Waals surface area contributed by atoms with Crippen molar-refractivity contribution < 1.29 is 24.5 Å². The number of carbonyl (C=O) groups is 2. The SMILES string of the molecule is C=C1C(=O)[C@]23CC1CC[C@H]2[C@@]12CO[C@@]3(O)C(O)[C@@H]1C(C)(C)C=CC2=O. The second-order valence-electron chi connectivity index (χ2n) is 9.32. The third-order valence-electron chi connectivity index (χ3n) is 8.14. The van der Waals surface area contributed by atoms with Gasteiger partial charge in [-0.25, -0.2) is 0 Å². The maximum atomic E-state index is 13.2. The molecule has 2 aliphatic heterocycles. The van der Waals surface area contributed by atoms with Gasteiger partial charge in [-0.05, 0) is 48.2 Å². The first-order chi connectivity index (χ1) is 11.6. The van der Waals surface area contributed by atoms with Crippen molar-refractivity contribution in [3.63, 3.8) is 0 Å². The highest BCUT2D eigenvalue weighted by atomic mass is 16.6. The Morgan fingerprint density at radius 3 is 2.72 bits per heavy atom. The van der Waals surface area contributed by atoms with Gasteiger partial charge in [-0.1, -0.05) is 26.5 Å². The molecule has 4 bridgehead atoms. The number of hydrogen-bond acceptors (Lipinski definition) is 5. The lowest BCUT2D eigenvalue weighted by molar-refractivity contribution is -0.422. The Morgan fingerprint density at radius 2 is 2.00 bits per heavy atom. The molecule has 0 radical (unpaired) electrons. The first kappa shape index (κ1) is 15.9. The van der Waals surface area contributed by atoms with E-state index in [9.17, 15) is 19.8 Å². The fraction of sp³-hybridized carbons (Fsp3) is 0.700. The number of allylic oxidation sites excluding steroid dienone is 3. The summed E-state index contributed by atoms with van der Waals surface area (Å²) < 4.78 is 5.80. The molecule has 6 aliphatic rings. The lowest BCUT2D eigenvalue weighted by Crippen LogP contribution is -2.82. The van der Waals surface area contributed by atoms with Crippen LogP contribution < -0.4 is 0 Å². The van der Waals surface area contributed by atoms with Gasteiger partial charge in [0, 0.05) is 5.92 Å². The van der Waals surface area contributed by atoms with Gasteiger partial charge in [0.2, 0.25) is 5.79 Å². The van der Waals surface area contributed by atoms with Crippen molar-refractivity contribution in [1.82, 2.24) is 0 Å². The molecule has 2 unspecified atom stereocenters. The lowest BCUT2D eigenvalue weighted by atomic mass is 9.37. The minimum absolute atomic E-state index is 0.0139. The molecule has 3 saturated carbocycles. The van der Waals surface area contributed by atoms with Crippen molar-refractivity contribution in [3.8, 4) is 0 Å². The largest absolute Gasteiger partial charge is 0.387 e. The topological polar surface area (TPSA) is 83.8 Å². The number of aliphatic hydroxyl groups excluding tert-OH is 1. The molecule has 4 aliphatic carbocycles. The van der Waals surface area contributed by atoms with E-state index in [0.29, 0.717) is 18.4 Å². The molecule has 134 valence electrons. The van der Waals surface area contributed by atoms with E-state index in [1.807, 2.05) is 19.9 Å². The van der Waals surface area contributed by atoms with Crippen molar-refractivity contribution >= 4 is 11.6 Å². The van der Waals surface area contributed by atoms with Crippen molar-refractivity contribution in [1.29, 1.82) is 0 Å². The summed E-state index contributed by atoms with van der Waals surface area (Å²) in [5.74, 6) is -3.00. The molecule has 0 amide bonds. The molecule has 0 aromatic carbocycles. The van der Waals surface area contributed by atoms with Crippen LogP contribution in [0.25, 0.3) is 0 Å². The number of ketones is 2. The monoisotopic (exact) mass is 344 g/mol. The van der Waals surface area contributed by atoms with Crippen molar-refractivity contribution in [2.45, 2.75) is 45.0 Å². The summed E-state index contributed by atoms with van der Waals surface area (Å²) in [4.78, 5) is 26.4. The molecule has 7 atom stereocenters. The van der Waals surface area contributed by atoms with Gasteiger partial charge in [0.25, 0.3) is 0 Å². The Kier molecular flexibility index (Phi) is 2.65. The van der Waals surface area contributed by atoms with Gasteiger partial charge in [-0.2, -0.15) is 0 Å². The van der Waals surface area contributed by atoms with E-state index in [2.05, 4.69) is 6.58 Å². The molecule has 0 aromatic rings. The van der Waals surface area contributed by atoms with Gasteiger partial charge in [0.15, 0.2) is 11.6 Å². The first-order valence-electron chi connectivity index (χ1n) is 9.14. The van der Waals surface area contributed by atoms with Crippen LogP contribution in [0.4, 0.5) is 0 Å². The smallest absolute Gasteiger partial charge is 0.205 e. The normalized spacial score (nSPS) is 55.3. The highest BCUT2D eigenvalue weighted by Crippen LogP contribution is 2.75. The Hall–Kier alpha value is -1.30. The zero-order valence-corrected chi connectivity index (χ0v) is 14.6. The van der Waals surface area contributed by atoms with Gasteiger partial charge >= 0.3 is 0 Å². The van der Waals surface area contributed by atoms with E-state index in [-0.39, 0.29) is 30.0 Å². The minimum Gasteiger partial charge on any atom is -0.387 e. The molecule has 0 aromatic heterocycles. The van der Waals surface area contributed by atoms with Gasteiger partial charge in [0.1, 0.15) is 6.10 Å². The number of carbonyl (C=O) groups excluding carboxylic acids is 2. The average molecular weight is 344 g/mol. The second kappa shape index (κ2) is 4.16. The quantitative estimate of drug-likeness (QED) is 0.649. The molecule has 25 heavy (non-hydrogen) atoms. The minimum atomic E-state index is -1.94. The highest BCUT2D eigenvalue weighted by Gasteiger charge is 2.84. The van der Waals surface area contributed by atoms with Crippen LogP contribution in [0.15, 0.2) is 24.3 Å². The summed E-state index contributed by atoms with van der Waals surface area (Å²) in [6.07, 6.45) is 4.04. The average Bonchev–Trinajstić information content (AvgIpc) is 2.75. The Balaban J connectivity index is 1.82. The van der Waals surface area contributed by atoms with Crippen LogP contribution in [-0.4, -0.2) is 40.3 Å². The van der Waals surface area contributed by atoms with E-state index >= 15 is 0 Å². The molecule has 2 N–H and O–H groups in total. The summed E-state index contributed by atoms with van der Waals surface area (Å²) in [6, 6.07) is 0. The molecule has 5 heteroatoms. The van der Waals surface area contributed by atoms with Crippen LogP contribution in [0.1, 0.15) is 33.1 Å². The van der Waals surface area contributed by atoms with Crippen LogP contribution in [0.3, 0.4) is 0 Å². The second-order valence-corrected chi connectivity index (χ2v) is 9.32. The van der Waals surface area contributed by atoms with Crippen molar-refractivity contribution in [2.24, 2.45) is 34.0 Å². The summed E-state index contributed by atoms with van der Waals surface area (Å²) in [5.41, 5.74) is -2.14. The number of Topliss-reactive ketones (excluding diaryl/α,β-unsaturated/α-hetero) is 1. The zero-order valence-electron chi connectivity index (χ0n) is 14.6. The van der Waals surface area contributed by atoms with Gasteiger partial charge < -0.3 is 14.9 Å².